The Morgan fingerprint density at radius 1 is 1.39 bits per heavy atom. The highest BCUT2D eigenvalue weighted by Crippen LogP contribution is 2.29. The summed E-state index contributed by atoms with van der Waals surface area (Å²) in [5.74, 6) is 1.72. The molecule has 4 heteroatoms. The zero-order valence-electron chi connectivity index (χ0n) is 10.7. The summed E-state index contributed by atoms with van der Waals surface area (Å²) >= 11 is 0. The number of rotatable bonds is 4. The molecule has 3 unspecified atom stereocenters. The van der Waals surface area contributed by atoms with Crippen molar-refractivity contribution in [3.05, 3.63) is 24.2 Å². The number of hydrogen-bond acceptors (Lipinski definition) is 4. The topological polar surface area (TPSA) is 46.4 Å². The third-order valence-corrected chi connectivity index (χ3v) is 4.16. The predicted molar refractivity (Wildman–Crippen MR) is 69.3 cm³/mol. The number of nitrogens with one attached hydrogen (secondary N) is 2. The second-order valence-corrected chi connectivity index (χ2v) is 5.30. The summed E-state index contributed by atoms with van der Waals surface area (Å²) < 4.78 is 11.0. The minimum atomic E-state index is 0.523. The molecule has 0 spiro atoms. The van der Waals surface area contributed by atoms with Gasteiger partial charge in [-0.25, -0.2) is 0 Å². The van der Waals surface area contributed by atoms with Gasteiger partial charge in [0.1, 0.15) is 5.76 Å². The lowest BCUT2D eigenvalue weighted by Gasteiger charge is -2.32. The second kappa shape index (κ2) is 5.87. The summed E-state index contributed by atoms with van der Waals surface area (Å²) in [6.07, 6.45) is 5.62. The largest absolute Gasteiger partial charge is 0.468 e. The van der Waals surface area contributed by atoms with Crippen molar-refractivity contribution in [3.8, 4) is 0 Å². The van der Waals surface area contributed by atoms with Crippen LogP contribution in [0.3, 0.4) is 0 Å². The maximum atomic E-state index is 5.58. The highest BCUT2D eigenvalue weighted by molar-refractivity contribution is 4.99. The van der Waals surface area contributed by atoms with Crippen LogP contribution in [0.4, 0.5) is 0 Å². The van der Waals surface area contributed by atoms with Crippen LogP contribution in [0.5, 0.6) is 0 Å². The maximum absolute atomic E-state index is 5.58. The fourth-order valence-electron chi connectivity index (χ4n) is 3.23. The Bertz CT molecular complexity index is 347. The fourth-order valence-corrected chi connectivity index (χ4v) is 3.23. The average molecular weight is 250 g/mol. The standard InChI is InChI=1S/C14H22N2O2/c1-4-12(14-10-17-8-6-15-14)13(5-1)16-9-11-3-2-7-18-11/h2-3,7,12-16H,1,4-6,8-10H2. The van der Waals surface area contributed by atoms with Crippen LogP contribution in [0.25, 0.3) is 0 Å². The molecule has 2 aliphatic rings. The van der Waals surface area contributed by atoms with Gasteiger partial charge in [-0.2, -0.15) is 0 Å². The quantitative estimate of drug-likeness (QED) is 0.850. The van der Waals surface area contributed by atoms with E-state index in [1.807, 2.05) is 12.1 Å². The van der Waals surface area contributed by atoms with Gasteiger partial charge in [0.2, 0.25) is 0 Å². The van der Waals surface area contributed by atoms with E-state index in [1.165, 1.54) is 19.3 Å². The molecule has 18 heavy (non-hydrogen) atoms. The highest BCUT2D eigenvalue weighted by atomic mass is 16.5. The molecule has 0 bridgehead atoms. The summed E-state index contributed by atoms with van der Waals surface area (Å²) in [5, 5.41) is 7.24. The highest BCUT2D eigenvalue weighted by Gasteiger charge is 2.34. The summed E-state index contributed by atoms with van der Waals surface area (Å²) in [6, 6.07) is 5.09. The van der Waals surface area contributed by atoms with Gasteiger partial charge in [0.05, 0.1) is 26.0 Å². The van der Waals surface area contributed by atoms with Crippen LogP contribution in [0, 0.1) is 5.92 Å². The average Bonchev–Trinajstić information content (AvgIpc) is 3.09. The van der Waals surface area contributed by atoms with E-state index in [1.54, 1.807) is 6.26 Å². The third kappa shape index (κ3) is 2.76. The first-order chi connectivity index (χ1) is 8.93. The van der Waals surface area contributed by atoms with Gasteiger partial charge in [-0.1, -0.05) is 6.42 Å². The smallest absolute Gasteiger partial charge is 0.117 e. The first-order valence-electron chi connectivity index (χ1n) is 7.00. The lowest BCUT2D eigenvalue weighted by molar-refractivity contribution is 0.0523. The SMILES string of the molecule is c1coc(CNC2CCCC2C2COCCN2)c1. The van der Waals surface area contributed by atoms with Gasteiger partial charge in [-0.3, -0.25) is 0 Å². The van der Waals surface area contributed by atoms with Gasteiger partial charge in [0.15, 0.2) is 0 Å². The van der Waals surface area contributed by atoms with E-state index in [0.717, 1.165) is 32.1 Å². The van der Waals surface area contributed by atoms with E-state index in [0.29, 0.717) is 18.0 Å². The Labute approximate surface area is 108 Å². The molecule has 100 valence electrons. The van der Waals surface area contributed by atoms with E-state index < -0.39 is 0 Å². The molecule has 2 N–H and O–H groups in total. The maximum Gasteiger partial charge on any atom is 0.117 e. The van der Waals surface area contributed by atoms with Crippen molar-refractivity contribution in [1.29, 1.82) is 0 Å². The molecule has 4 nitrogen and oxygen atoms in total. The van der Waals surface area contributed by atoms with Crippen molar-refractivity contribution in [2.45, 2.75) is 37.9 Å². The Morgan fingerprint density at radius 3 is 3.17 bits per heavy atom. The van der Waals surface area contributed by atoms with Crippen LogP contribution >= 0.6 is 0 Å². The summed E-state index contributed by atoms with van der Waals surface area (Å²) in [7, 11) is 0. The number of ether oxygens (including phenoxy) is 1. The van der Waals surface area contributed by atoms with Crippen LogP contribution in [-0.4, -0.2) is 31.8 Å². The number of furan rings is 1. The van der Waals surface area contributed by atoms with Gasteiger partial charge in [0.25, 0.3) is 0 Å². The Kier molecular flexibility index (Phi) is 3.98. The summed E-state index contributed by atoms with van der Waals surface area (Å²) in [6.45, 7) is 3.55. The van der Waals surface area contributed by atoms with E-state index >= 15 is 0 Å². The zero-order chi connectivity index (χ0) is 12.2. The van der Waals surface area contributed by atoms with Gasteiger partial charge >= 0.3 is 0 Å². The van der Waals surface area contributed by atoms with E-state index in [9.17, 15) is 0 Å². The first kappa shape index (κ1) is 12.2. The lowest BCUT2D eigenvalue weighted by Crippen LogP contribution is -2.50. The minimum Gasteiger partial charge on any atom is -0.468 e. The Balaban J connectivity index is 1.53. The van der Waals surface area contributed by atoms with Crippen LogP contribution in [0.15, 0.2) is 22.8 Å². The van der Waals surface area contributed by atoms with E-state index in [4.69, 9.17) is 9.15 Å². The van der Waals surface area contributed by atoms with Gasteiger partial charge < -0.3 is 19.8 Å². The van der Waals surface area contributed by atoms with E-state index in [-0.39, 0.29) is 0 Å². The van der Waals surface area contributed by atoms with Crippen molar-refractivity contribution in [1.82, 2.24) is 10.6 Å². The van der Waals surface area contributed by atoms with Crippen molar-refractivity contribution in [3.63, 3.8) is 0 Å². The molecule has 3 atom stereocenters. The van der Waals surface area contributed by atoms with E-state index in [2.05, 4.69) is 10.6 Å². The molecule has 2 fully saturated rings. The molecule has 1 saturated heterocycles. The molecule has 1 saturated carbocycles. The van der Waals surface area contributed by atoms with Gasteiger partial charge in [-0.15, -0.1) is 0 Å². The monoisotopic (exact) mass is 250 g/mol. The zero-order valence-corrected chi connectivity index (χ0v) is 10.7. The summed E-state index contributed by atoms with van der Waals surface area (Å²) in [5.41, 5.74) is 0. The predicted octanol–water partition coefficient (Wildman–Crippen LogP) is 1.53. The normalized spacial score (nSPS) is 32.8. The third-order valence-electron chi connectivity index (χ3n) is 4.16. The number of hydrogen-bond donors (Lipinski definition) is 2. The Morgan fingerprint density at radius 2 is 2.39 bits per heavy atom. The van der Waals surface area contributed by atoms with Gasteiger partial charge in [-0.05, 0) is 30.9 Å². The minimum absolute atomic E-state index is 0.523. The van der Waals surface area contributed by atoms with Crippen LogP contribution in [0.1, 0.15) is 25.0 Å². The van der Waals surface area contributed by atoms with Crippen molar-refractivity contribution < 1.29 is 9.15 Å². The fraction of sp³-hybridized carbons (Fsp3) is 0.714. The summed E-state index contributed by atoms with van der Waals surface area (Å²) in [4.78, 5) is 0. The molecule has 0 amide bonds. The van der Waals surface area contributed by atoms with Crippen LogP contribution in [-0.2, 0) is 11.3 Å². The van der Waals surface area contributed by atoms with Crippen molar-refractivity contribution in [2.75, 3.05) is 19.8 Å². The van der Waals surface area contributed by atoms with Crippen molar-refractivity contribution >= 4 is 0 Å². The molecule has 2 heterocycles. The first-order valence-corrected chi connectivity index (χ1v) is 7.00. The molecule has 3 rings (SSSR count). The van der Waals surface area contributed by atoms with Crippen LogP contribution in [0.2, 0.25) is 0 Å². The Hall–Kier alpha value is -0.840. The molecule has 0 aromatic carbocycles. The molecule has 1 aliphatic heterocycles. The molecule has 1 aromatic rings. The lowest BCUT2D eigenvalue weighted by atomic mass is 9.94. The van der Waals surface area contributed by atoms with Crippen LogP contribution < -0.4 is 10.6 Å². The molecule has 1 aromatic heterocycles. The van der Waals surface area contributed by atoms with Gasteiger partial charge in [0, 0.05) is 18.6 Å². The second-order valence-electron chi connectivity index (χ2n) is 5.30. The molecule has 1 aliphatic carbocycles. The number of morpholine rings is 1. The molecule has 0 radical (unpaired) electrons. The van der Waals surface area contributed by atoms with Crippen molar-refractivity contribution in [2.24, 2.45) is 5.92 Å². The molecular weight excluding hydrogens is 228 g/mol. The molecular formula is C14H22N2O2.